The molecule has 0 fully saturated rings. The molecule has 0 aliphatic carbocycles. The summed E-state index contributed by atoms with van der Waals surface area (Å²) in [4.78, 5) is 12.3. The van der Waals surface area contributed by atoms with Gasteiger partial charge in [-0.2, -0.15) is 0 Å². The number of methoxy groups -OCH3 is 1. The normalized spacial score (nSPS) is 12.3. The Hall–Kier alpha value is -2.27. The molecule has 1 atom stereocenters. The van der Waals surface area contributed by atoms with E-state index in [1.54, 1.807) is 14.0 Å². The van der Waals surface area contributed by atoms with Crippen LogP contribution in [-0.2, 0) is 16.0 Å². The molecule has 1 aromatic rings. The van der Waals surface area contributed by atoms with Crippen molar-refractivity contribution in [3.8, 4) is 11.5 Å². The van der Waals surface area contributed by atoms with Crippen LogP contribution in [0.1, 0.15) is 70.9 Å². The SMILES string of the molecule is CCOC(=O)C(C)c1cc(OC/C=C(\C)CCC=C(C)C)c(OC)cc1CCCO. The van der Waals surface area contributed by atoms with Crippen molar-refractivity contribution in [1.82, 2.24) is 0 Å². The first kappa shape index (κ1) is 25.8. The second kappa shape index (κ2) is 13.9. The van der Waals surface area contributed by atoms with Gasteiger partial charge in [0.1, 0.15) is 6.61 Å². The van der Waals surface area contributed by atoms with Gasteiger partial charge in [0.2, 0.25) is 0 Å². The van der Waals surface area contributed by atoms with Crippen molar-refractivity contribution < 1.29 is 24.1 Å². The van der Waals surface area contributed by atoms with E-state index < -0.39 is 5.92 Å². The van der Waals surface area contributed by atoms with Crippen molar-refractivity contribution in [2.75, 3.05) is 26.9 Å². The van der Waals surface area contributed by atoms with Gasteiger partial charge in [0.05, 0.1) is 19.6 Å². The number of hydrogen-bond acceptors (Lipinski definition) is 5. The summed E-state index contributed by atoms with van der Waals surface area (Å²) >= 11 is 0. The van der Waals surface area contributed by atoms with E-state index in [2.05, 4.69) is 32.9 Å². The molecule has 0 saturated heterocycles. The molecule has 0 radical (unpaired) electrons. The van der Waals surface area contributed by atoms with Crippen LogP contribution in [0, 0.1) is 0 Å². The Labute approximate surface area is 181 Å². The summed E-state index contributed by atoms with van der Waals surface area (Å²) in [6.45, 7) is 10.8. The molecular weight excluding hydrogens is 380 g/mol. The zero-order valence-corrected chi connectivity index (χ0v) is 19.4. The Morgan fingerprint density at radius 1 is 1.17 bits per heavy atom. The molecule has 1 N–H and O–H groups in total. The summed E-state index contributed by atoms with van der Waals surface area (Å²) in [6, 6.07) is 3.78. The number of ether oxygens (including phenoxy) is 3. The highest BCUT2D eigenvalue weighted by molar-refractivity contribution is 5.78. The summed E-state index contributed by atoms with van der Waals surface area (Å²) in [5, 5.41) is 9.23. The van der Waals surface area contributed by atoms with Gasteiger partial charge in [0, 0.05) is 6.61 Å². The summed E-state index contributed by atoms with van der Waals surface area (Å²) in [6.07, 6.45) is 7.59. The number of aliphatic hydroxyl groups excluding tert-OH is 1. The van der Waals surface area contributed by atoms with Crippen molar-refractivity contribution in [1.29, 1.82) is 0 Å². The molecule has 0 amide bonds. The molecule has 0 aromatic heterocycles. The molecule has 0 spiro atoms. The third kappa shape index (κ3) is 8.62. The van der Waals surface area contributed by atoms with Crippen LogP contribution in [0.15, 0.2) is 35.4 Å². The summed E-state index contributed by atoms with van der Waals surface area (Å²) < 4.78 is 16.7. The van der Waals surface area contributed by atoms with Crippen LogP contribution in [0.25, 0.3) is 0 Å². The van der Waals surface area contributed by atoms with E-state index in [0.717, 1.165) is 24.0 Å². The third-order valence-electron chi connectivity index (χ3n) is 4.90. The minimum atomic E-state index is -0.423. The van der Waals surface area contributed by atoms with Gasteiger partial charge in [-0.25, -0.2) is 0 Å². The number of esters is 1. The number of allylic oxidation sites excluding steroid dienone is 3. The van der Waals surface area contributed by atoms with Gasteiger partial charge in [-0.1, -0.05) is 17.2 Å². The molecular formula is C25H38O5. The molecule has 5 nitrogen and oxygen atoms in total. The molecule has 1 aromatic carbocycles. The van der Waals surface area contributed by atoms with Crippen LogP contribution in [-0.4, -0.2) is 38.0 Å². The molecule has 1 unspecified atom stereocenters. The molecule has 5 heteroatoms. The van der Waals surface area contributed by atoms with Gasteiger partial charge in [-0.05, 0) is 89.6 Å². The number of rotatable bonds is 13. The fourth-order valence-electron chi connectivity index (χ4n) is 3.14. The second-order valence-corrected chi connectivity index (χ2v) is 7.68. The first-order chi connectivity index (χ1) is 14.3. The average molecular weight is 419 g/mol. The first-order valence-electron chi connectivity index (χ1n) is 10.7. The summed E-state index contributed by atoms with van der Waals surface area (Å²) in [5.41, 5.74) is 4.41. The maximum absolute atomic E-state index is 12.3. The second-order valence-electron chi connectivity index (χ2n) is 7.68. The molecule has 0 bridgehead atoms. The maximum Gasteiger partial charge on any atom is 0.313 e. The summed E-state index contributed by atoms with van der Waals surface area (Å²) in [7, 11) is 1.60. The monoisotopic (exact) mass is 418 g/mol. The molecule has 0 heterocycles. The van der Waals surface area contributed by atoms with Crippen LogP contribution in [0.2, 0.25) is 0 Å². The van der Waals surface area contributed by atoms with Crippen LogP contribution in [0.4, 0.5) is 0 Å². The predicted octanol–water partition coefficient (Wildman–Crippen LogP) is 5.36. The van der Waals surface area contributed by atoms with Crippen molar-refractivity contribution in [3.63, 3.8) is 0 Å². The fraction of sp³-hybridized carbons (Fsp3) is 0.560. The third-order valence-corrected chi connectivity index (χ3v) is 4.90. The molecule has 0 saturated carbocycles. The van der Waals surface area contributed by atoms with Crippen molar-refractivity contribution in [3.05, 3.63) is 46.6 Å². The lowest BCUT2D eigenvalue weighted by molar-refractivity contribution is -0.144. The highest BCUT2D eigenvalue weighted by atomic mass is 16.5. The molecule has 30 heavy (non-hydrogen) atoms. The van der Waals surface area contributed by atoms with Gasteiger partial charge in [-0.15, -0.1) is 0 Å². The number of aryl methyl sites for hydroxylation is 1. The van der Waals surface area contributed by atoms with E-state index in [9.17, 15) is 9.90 Å². The molecule has 0 aliphatic rings. The number of carbonyl (C=O) groups excluding carboxylic acids is 1. The van der Waals surface area contributed by atoms with Crippen LogP contribution < -0.4 is 9.47 Å². The quantitative estimate of drug-likeness (QED) is 0.345. The van der Waals surface area contributed by atoms with Gasteiger partial charge in [-0.3, -0.25) is 4.79 Å². The number of benzene rings is 1. The molecule has 168 valence electrons. The Kier molecular flexibility index (Phi) is 11.9. The lowest BCUT2D eigenvalue weighted by Gasteiger charge is -2.19. The van der Waals surface area contributed by atoms with Crippen LogP contribution in [0.3, 0.4) is 0 Å². The lowest BCUT2D eigenvalue weighted by Crippen LogP contribution is -2.15. The van der Waals surface area contributed by atoms with Gasteiger partial charge in [0.15, 0.2) is 11.5 Å². The van der Waals surface area contributed by atoms with Crippen molar-refractivity contribution in [2.45, 2.75) is 66.2 Å². The first-order valence-corrected chi connectivity index (χ1v) is 10.7. The molecule has 1 rings (SSSR count). The zero-order chi connectivity index (χ0) is 22.5. The lowest BCUT2D eigenvalue weighted by atomic mass is 9.92. The minimum Gasteiger partial charge on any atom is -0.493 e. The highest BCUT2D eigenvalue weighted by Crippen LogP contribution is 2.35. The fourth-order valence-corrected chi connectivity index (χ4v) is 3.14. The van der Waals surface area contributed by atoms with Crippen LogP contribution in [0.5, 0.6) is 11.5 Å². The van der Waals surface area contributed by atoms with Crippen molar-refractivity contribution in [2.24, 2.45) is 0 Å². The minimum absolute atomic E-state index is 0.0879. The smallest absolute Gasteiger partial charge is 0.313 e. The van der Waals surface area contributed by atoms with Gasteiger partial charge < -0.3 is 19.3 Å². The topological polar surface area (TPSA) is 65.0 Å². The zero-order valence-electron chi connectivity index (χ0n) is 19.4. The van der Waals surface area contributed by atoms with E-state index in [-0.39, 0.29) is 12.6 Å². The number of hydrogen-bond donors (Lipinski definition) is 1. The van der Waals surface area contributed by atoms with E-state index in [1.165, 1.54) is 11.1 Å². The van der Waals surface area contributed by atoms with Crippen LogP contribution >= 0.6 is 0 Å². The molecule has 0 aliphatic heterocycles. The van der Waals surface area contributed by atoms with E-state index >= 15 is 0 Å². The Balaban J connectivity index is 3.05. The number of aliphatic hydroxyl groups is 1. The summed E-state index contributed by atoms with van der Waals surface area (Å²) in [5.74, 6) is 0.533. The standard InChI is InChI=1S/C25H38O5/c1-7-29-25(27)20(5)22-17-24(23(28-6)16-21(22)12-9-14-26)30-15-13-19(4)11-8-10-18(2)3/h10,13,16-17,20,26H,7-9,11-12,14-15H2,1-6H3/b19-13+. The maximum atomic E-state index is 12.3. The number of carbonyl (C=O) groups is 1. The van der Waals surface area contributed by atoms with Crippen molar-refractivity contribution >= 4 is 5.97 Å². The van der Waals surface area contributed by atoms with E-state index in [4.69, 9.17) is 14.2 Å². The Morgan fingerprint density at radius 2 is 1.90 bits per heavy atom. The van der Waals surface area contributed by atoms with Gasteiger partial charge in [0.25, 0.3) is 0 Å². The highest BCUT2D eigenvalue weighted by Gasteiger charge is 2.22. The largest absolute Gasteiger partial charge is 0.493 e. The van der Waals surface area contributed by atoms with Gasteiger partial charge >= 0.3 is 5.97 Å². The average Bonchev–Trinajstić information content (AvgIpc) is 2.71. The van der Waals surface area contributed by atoms with E-state index in [1.807, 2.05) is 19.1 Å². The predicted molar refractivity (Wildman–Crippen MR) is 121 cm³/mol. The Bertz CT molecular complexity index is 729. The van der Waals surface area contributed by atoms with E-state index in [0.29, 0.717) is 37.6 Å². The Morgan fingerprint density at radius 3 is 2.50 bits per heavy atom.